The van der Waals surface area contributed by atoms with E-state index in [0.29, 0.717) is 44.3 Å². The summed E-state index contributed by atoms with van der Waals surface area (Å²) in [6, 6.07) is 13.4. The number of benzene rings is 2. The van der Waals surface area contributed by atoms with Crippen LogP contribution < -0.4 is 14.4 Å². The van der Waals surface area contributed by atoms with Crippen molar-refractivity contribution < 1.29 is 28.5 Å². The van der Waals surface area contributed by atoms with Crippen LogP contribution in [-0.2, 0) is 25.5 Å². The Balaban J connectivity index is 1.97. The van der Waals surface area contributed by atoms with Gasteiger partial charge in [-0.25, -0.2) is 4.79 Å². The second kappa shape index (κ2) is 15.6. The Hall–Kier alpha value is -3.32. The molecular weight excluding hydrogens is 446 g/mol. The molecule has 190 valence electrons. The Morgan fingerprint density at radius 2 is 1.66 bits per heavy atom. The van der Waals surface area contributed by atoms with E-state index in [-0.39, 0.29) is 12.5 Å². The first-order valence-corrected chi connectivity index (χ1v) is 12.1. The summed E-state index contributed by atoms with van der Waals surface area (Å²) in [5.74, 6) is 0.877. The van der Waals surface area contributed by atoms with Crippen molar-refractivity contribution >= 4 is 23.6 Å². The van der Waals surface area contributed by atoms with Crippen LogP contribution in [0.2, 0.25) is 0 Å². The lowest BCUT2D eigenvalue weighted by molar-refractivity contribution is -0.139. The maximum atomic E-state index is 11.9. The summed E-state index contributed by atoms with van der Waals surface area (Å²) >= 11 is 0. The predicted octanol–water partition coefficient (Wildman–Crippen LogP) is 5.06. The van der Waals surface area contributed by atoms with Gasteiger partial charge in [-0.2, -0.15) is 0 Å². The van der Waals surface area contributed by atoms with Gasteiger partial charge in [0.1, 0.15) is 6.61 Å². The molecule has 0 spiro atoms. The lowest BCUT2D eigenvalue weighted by atomic mass is 10.1. The number of amides is 1. The molecule has 0 aromatic heterocycles. The van der Waals surface area contributed by atoms with E-state index in [2.05, 4.69) is 6.92 Å². The first-order valence-electron chi connectivity index (χ1n) is 12.1. The van der Waals surface area contributed by atoms with E-state index in [1.165, 1.54) is 6.08 Å². The summed E-state index contributed by atoms with van der Waals surface area (Å²) in [6.07, 6.45) is 5.77. The molecule has 0 saturated heterocycles. The minimum absolute atomic E-state index is 0.00607. The number of ether oxygens (including phenoxy) is 4. The van der Waals surface area contributed by atoms with E-state index in [9.17, 15) is 9.59 Å². The van der Waals surface area contributed by atoms with Gasteiger partial charge in [0.05, 0.1) is 19.8 Å². The summed E-state index contributed by atoms with van der Waals surface area (Å²) in [7, 11) is 1.75. The highest BCUT2D eigenvalue weighted by Gasteiger charge is 2.08. The molecule has 2 aromatic carbocycles. The van der Waals surface area contributed by atoms with Crippen molar-refractivity contribution in [2.75, 3.05) is 45.0 Å². The van der Waals surface area contributed by atoms with Gasteiger partial charge in [0, 0.05) is 38.8 Å². The molecule has 2 aromatic rings. The highest BCUT2D eigenvalue weighted by atomic mass is 16.6. The standard InChI is InChI=1S/C28H37NO6/c1-5-7-17-33-27-21-24(11-15-28(31)35-20-19-32-6-2)10-14-26(27)34-18-16-23-8-12-25(13-9-23)29(4)22(3)30/h8-15,21H,5-7,16-20H2,1-4H3/b15-11-. The van der Waals surface area contributed by atoms with Crippen LogP contribution in [0.3, 0.4) is 0 Å². The van der Waals surface area contributed by atoms with Gasteiger partial charge in [-0.1, -0.05) is 31.5 Å². The molecule has 0 radical (unpaired) electrons. The summed E-state index contributed by atoms with van der Waals surface area (Å²) in [4.78, 5) is 25.0. The monoisotopic (exact) mass is 483 g/mol. The molecular formula is C28H37NO6. The van der Waals surface area contributed by atoms with Gasteiger partial charge < -0.3 is 23.8 Å². The van der Waals surface area contributed by atoms with Gasteiger partial charge in [0.25, 0.3) is 0 Å². The molecule has 0 fully saturated rings. The summed E-state index contributed by atoms with van der Waals surface area (Å²) in [6.45, 7) is 7.81. The third-order valence-electron chi connectivity index (χ3n) is 5.26. The van der Waals surface area contributed by atoms with Crippen LogP contribution in [0.1, 0.15) is 44.7 Å². The second-order valence-electron chi connectivity index (χ2n) is 7.95. The zero-order valence-corrected chi connectivity index (χ0v) is 21.2. The van der Waals surface area contributed by atoms with Crippen LogP contribution in [0.25, 0.3) is 6.08 Å². The highest BCUT2D eigenvalue weighted by molar-refractivity contribution is 5.90. The summed E-state index contributed by atoms with van der Waals surface area (Å²) in [5, 5.41) is 0. The number of esters is 1. The molecule has 35 heavy (non-hydrogen) atoms. The van der Waals surface area contributed by atoms with Crippen molar-refractivity contribution in [3.05, 3.63) is 59.7 Å². The highest BCUT2D eigenvalue weighted by Crippen LogP contribution is 2.29. The van der Waals surface area contributed by atoms with Crippen molar-refractivity contribution in [2.24, 2.45) is 0 Å². The van der Waals surface area contributed by atoms with Crippen LogP contribution in [0.15, 0.2) is 48.5 Å². The molecule has 0 unspecified atom stereocenters. The number of hydrogen-bond acceptors (Lipinski definition) is 6. The maximum absolute atomic E-state index is 11.9. The lowest BCUT2D eigenvalue weighted by Crippen LogP contribution is -2.22. The van der Waals surface area contributed by atoms with Crippen LogP contribution in [-0.4, -0.2) is 52.0 Å². The minimum atomic E-state index is -0.418. The Morgan fingerprint density at radius 1 is 0.914 bits per heavy atom. The number of carbonyl (C=O) groups excluding carboxylic acids is 2. The van der Waals surface area contributed by atoms with Crippen molar-refractivity contribution in [1.29, 1.82) is 0 Å². The molecule has 0 aliphatic carbocycles. The van der Waals surface area contributed by atoms with Crippen LogP contribution in [0.4, 0.5) is 5.69 Å². The van der Waals surface area contributed by atoms with Gasteiger partial charge in [0.2, 0.25) is 5.91 Å². The molecule has 2 rings (SSSR count). The molecule has 0 aliphatic heterocycles. The van der Waals surface area contributed by atoms with E-state index in [0.717, 1.165) is 29.7 Å². The number of anilines is 1. The number of unbranched alkanes of at least 4 members (excludes halogenated alkanes) is 1. The molecule has 7 heteroatoms. The fourth-order valence-corrected chi connectivity index (χ4v) is 3.09. The van der Waals surface area contributed by atoms with E-state index < -0.39 is 5.97 Å². The van der Waals surface area contributed by atoms with Gasteiger partial charge in [-0.3, -0.25) is 4.79 Å². The minimum Gasteiger partial charge on any atom is -0.490 e. The number of hydrogen-bond donors (Lipinski definition) is 0. The fraction of sp³-hybridized carbons (Fsp3) is 0.429. The molecule has 0 atom stereocenters. The molecule has 0 aliphatic rings. The van der Waals surface area contributed by atoms with Gasteiger partial charge in [-0.15, -0.1) is 0 Å². The van der Waals surface area contributed by atoms with Gasteiger partial charge in [-0.05, 0) is 54.8 Å². The van der Waals surface area contributed by atoms with Gasteiger partial charge >= 0.3 is 5.97 Å². The average molecular weight is 484 g/mol. The molecule has 1 amide bonds. The zero-order valence-electron chi connectivity index (χ0n) is 21.2. The Labute approximate surface area is 208 Å². The first-order chi connectivity index (χ1) is 16.9. The number of nitrogens with zero attached hydrogens (tertiary/aromatic N) is 1. The quantitative estimate of drug-likeness (QED) is 0.200. The lowest BCUT2D eigenvalue weighted by Gasteiger charge is -2.16. The van der Waals surface area contributed by atoms with Crippen molar-refractivity contribution in [2.45, 2.75) is 40.0 Å². The smallest absolute Gasteiger partial charge is 0.330 e. The molecule has 7 nitrogen and oxygen atoms in total. The third-order valence-corrected chi connectivity index (χ3v) is 5.26. The van der Waals surface area contributed by atoms with Crippen LogP contribution >= 0.6 is 0 Å². The topological polar surface area (TPSA) is 74.3 Å². The second-order valence-corrected chi connectivity index (χ2v) is 7.95. The Bertz CT molecular complexity index is 954. The predicted molar refractivity (Wildman–Crippen MR) is 138 cm³/mol. The van der Waals surface area contributed by atoms with Crippen molar-refractivity contribution in [3.8, 4) is 11.5 Å². The van der Waals surface area contributed by atoms with E-state index in [4.69, 9.17) is 18.9 Å². The largest absolute Gasteiger partial charge is 0.490 e. The average Bonchev–Trinajstić information content (AvgIpc) is 2.86. The fourth-order valence-electron chi connectivity index (χ4n) is 3.09. The molecule has 0 bridgehead atoms. The van der Waals surface area contributed by atoms with Crippen molar-refractivity contribution in [3.63, 3.8) is 0 Å². The zero-order chi connectivity index (χ0) is 25.5. The third kappa shape index (κ3) is 10.2. The normalized spacial score (nSPS) is 10.9. The molecule has 0 saturated carbocycles. The number of carbonyl (C=O) groups is 2. The van der Waals surface area contributed by atoms with E-state index in [1.807, 2.05) is 49.4 Å². The van der Waals surface area contributed by atoms with E-state index >= 15 is 0 Å². The summed E-state index contributed by atoms with van der Waals surface area (Å²) < 4.78 is 22.2. The number of rotatable bonds is 15. The van der Waals surface area contributed by atoms with E-state index in [1.54, 1.807) is 24.9 Å². The SMILES string of the molecule is CCCCOc1cc(/C=C\C(=O)OCCOCC)ccc1OCCc1ccc(N(C)C(C)=O)cc1. The van der Waals surface area contributed by atoms with Crippen molar-refractivity contribution in [1.82, 2.24) is 0 Å². The van der Waals surface area contributed by atoms with Gasteiger partial charge in [0.15, 0.2) is 11.5 Å². The Morgan fingerprint density at radius 3 is 2.34 bits per heavy atom. The first kappa shape index (κ1) is 27.9. The maximum Gasteiger partial charge on any atom is 0.330 e. The van der Waals surface area contributed by atoms with Crippen LogP contribution in [0, 0.1) is 0 Å². The van der Waals surface area contributed by atoms with Crippen LogP contribution in [0.5, 0.6) is 11.5 Å². The summed E-state index contributed by atoms with van der Waals surface area (Å²) in [5.41, 5.74) is 2.79. The molecule has 0 heterocycles. The molecule has 0 N–H and O–H groups in total. The Kier molecular flexibility index (Phi) is 12.4.